The summed E-state index contributed by atoms with van der Waals surface area (Å²) >= 11 is 1.53. The number of hydrogen-bond donors (Lipinski definition) is 2. The first-order valence-electron chi connectivity index (χ1n) is 7.19. The van der Waals surface area contributed by atoms with Crippen LogP contribution in [0.4, 0.5) is 5.69 Å². The van der Waals surface area contributed by atoms with E-state index in [-0.39, 0.29) is 12.3 Å². The van der Waals surface area contributed by atoms with E-state index >= 15 is 0 Å². The van der Waals surface area contributed by atoms with Crippen molar-refractivity contribution < 1.29 is 14.7 Å². The first-order chi connectivity index (χ1) is 11.0. The molecule has 0 aliphatic rings. The summed E-state index contributed by atoms with van der Waals surface area (Å²) in [5.41, 5.74) is 0.0474. The summed E-state index contributed by atoms with van der Waals surface area (Å²) in [5.74, 6) is -1.34. The zero-order chi connectivity index (χ0) is 16.9. The van der Waals surface area contributed by atoms with Crippen molar-refractivity contribution in [2.45, 2.75) is 23.7 Å². The number of benzene rings is 2. The summed E-state index contributed by atoms with van der Waals surface area (Å²) in [6.07, 6.45) is 1.80. The van der Waals surface area contributed by atoms with Crippen LogP contribution in [-0.4, -0.2) is 23.2 Å². The van der Waals surface area contributed by atoms with Crippen LogP contribution in [0.15, 0.2) is 59.5 Å². The highest BCUT2D eigenvalue weighted by atomic mass is 32.2. The maximum atomic E-state index is 12.4. The predicted octanol–water partition coefficient (Wildman–Crippen LogP) is 3.78. The van der Waals surface area contributed by atoms with Crippen molar-refractivity contribution in [2.75, 3.05) is 11.6 Å². The van der Waals surface area contributed by atoms with Gasteiger partial charge in [0.05, 0.1) is 11.1 Å². The number of carbonyl (C=O) groups is 2. The number of carboxylic acid groups (broad SMARTS) is 1. The number of thioether (sulfide) groups is 1. The molecule has 2 rings (SSSR count). The topological polar surface area (TPSA) is 66.4 Å². The van der Waals surface area contributed by atoms with Gasteiger partial charge in [-0.25, -0.2) is 0 Å². The average molecular weight is 329 g/mol. The normalized spacial score (nSPS) is 13.1. The lowest BCUT2D eigenvalue weighted by atomic mass is 9.79. The molecule has 0 aliphatic heterocycles. The Bertz CT molecular complexity index is 702. The molecule has 2 N–H and O–H groups in total. The minimum atomic E-state index is -1.26. The Labute approximate surface area is 139 Å². The summed E-state index contributed by atoms with van der Waals surface area (Å²) in [6.45, 7) is 1.57. The monoisotopic (exact) mass is 329 g/mol. The molecule has 23 heavy (non-hydrogen) atoms. The van der Waals surface area contributed by atoms with Crippen LogP contribution < -0.4 is 5.32 Å². The smallest absolute Gasteiger partial charge is 0.314 e. The molecule has 0 bridgehead atoms. The number of anilines is 1. The van der Waals surface area contributed by atoms with Crippen molar-refractivity contribution in [1.29, 1.82) is 0 Å². The van der Waals surface area contributed by atoms with Gasteiger partial charge >= 0.3 is 5.97 Å². The number of carbonyl (C=O) groups excluding carboxylic acids is 1. The second kappa shape index (κ2) is 7.33. The molecule has 5 heteroatoms. The predicted molar refractivity (Wildman–Crippen MR) is 92.9 cm³/mol. The maximum Gasteiger partial charge on any atom is 0.314 e. The van der Waals surface area contributed by atoms with Gasteiger partial charge < -0.3 is 10.4 Å². The van der Waals surface area contributed by atoms with E-state index in [2.05, 4.69) is 5.32 Å². The fraction of sp³-hybridized carbons (Fsp3) is 0.222. The standard InChI is InChI=1S/C18H19NO3S/c1-18(17(21)22,13-8-4-3-5-9-13)12-16(20)19-14-10-6-7-11-15(14)23-2/h3-11H,12H2,1-2H3,(H,19,20)(H,21,22)/t18-/m1/s1. The first-order valence-corrected chi connectivity index (χ1v) is 8.41. The molecule has 0 aromatic heterocycles. The van der Waals surface area contributed by atoms with E-state index < -0.39 is 11.4 Å². The van der Waals surface area contributed by atoms with Crippen LogP contribution in [0.2, 0.25) is 0 Å². The van der Waals surface area contributed by atoms with E-state index in [4.69, 9.17) is 0 Å². The number of carboxylic acids is 1. The van der Waals surface area contributed by atoms with Crippen LogP contribution in [0.1, 0.15) is 18.9 Å². The zero-order valence-corrected chi connectivity index (χ0v) is 13.9. The third-order valence-corrected chi connectivity index (χ3v) is 4.57. The van der Waals surface area contributed by atoms with Gasteiger partial charge in [-0.2, -0.15) is 0 Å². The molecule has 120 valence electrons. The Balaban J connectivity index is 2.21. The zero-order valence-electron chi connectivity index (χ0n) is 13.1. The highest BCUT2D eigenvalue weighted by Crippen LogP contribution is 2.30. The number of amides is 1. The van der Waals surface area contributed by atoms with E-state index in [1.54, 1.807) is 31.2 Å². The highest BCUT2D eigenvalue weighted by Gasteiger charge is 2.37. The number of para-hydroxylation sites is 1. The Morgan fingerprint density at radius 3 is 2.30 bits per heavy atom. The summed E-state index contributed by atoms with van der Waals surface area (Å²) in [5, 5.41) is 12.4. The van der Waals surface area contributed by atoms with Gasteiger partial charge in [-0.05, 0) is 30.9 Å². The molecule has 1 amide bonds. The number of rotatable bonds is 6. The molecule has 2 aromatic carbocycles. The minimum absolute atomic E-state index is 0.130. The Kier molecular flexibility index (Phi) is 5.45. The molecule has 0 saturated heterocycles. The molecule has 0 aliphatic carbocycles. The van der Waals surface area contributed by atoms with Gasteiger partial charge in [-0.3, -0.25) is 9.59 Å². The van der Waals surface area contributed by atoms with Crippen LogP contribution >= 0.6 is 11.8 Å². The van der Waals surface area contributed by atoms with Crippen molar-refractivity contribution in [3.05, 3.63) is 60.2 Å². The lowest BCUT2D eigenvalue weighted by molar-refractivity contribution is -0.145. The molecule has 0 fully saturated rings. The molecular weight excluding hydrogens is 310 g/mol. The van der Waals surface area contributed by atoms with Crippen LogP contribution in [0, 0.1) is 0 Å². The summed E-state index contributed by atoms with van der Waals surface area (Å²) in [7, 11) is 0. The summed E-state index contributed by atoms with van der Waals surface area (Å²) < 4.78 is 0. The Hall–Kier alpha value is -2.27. The largest absolute Gasteiger partial charge is 0.481 e. The molecule has 4 nitrogen and oxygen atoms in total. The number of nitrogens with one attached hydrogen (secondary N) is 1. The molecule has 0 radical (unpaired) electrons. The van der Waals surface area contributed by atoms with E-state index in [0.29, 0.717) is 11.3 Å². The van der Waals surface area contributed by atoms with Gasteiger partial charge in [-0.15, -0.1) is 11.8 Å². The molecule has 0 unspecified atom stereocenters. The van der Waals surface area contributed by atoms with Crippen molar-refractivity contribution in [2.24, 2.45) is 0 Å². The molecular formula is C18H19NO3S. The Morgan fingerprint density at radius 1 is 1.09 bits per heavy atom. The van der Waals surface area contributed by atoms with E-state index in [1.807, 2.05) is 36.6 Å². The van der Waals surface area contributed by atoms with Gasteiger partial charge in [0, 0.05) is 11.3 Å². The van der Waals surface area contributed by atoms with Gasteiger partial charge in [0.25, 0.3) is 0 Å². The van der Waals surface area contributed by atoms with E-state index in [0.717, 1.165) is 4.90 Å². The third-order valence-electron chi connectivity index (χ3n) is 3.78. The van der Waals surface area contributed by atoms with Crippen molar-refractivity contribution in [3.63, 3.8) is 0 Å². The van der Waals surface area contributed by atoms with Gasteiger partial charge in [0.1, 0.15) is 0 Å². The second-order valence-electron chi connectivity index (χ2n) is 5.43. The van der Waals surface area contributed by atoms with Crippen molar-refractivity contribution in [3.8, 4) is 0 Å². The number of hydrogen-bond acceptors (Lipinski definition) is 3. The number of aliphatic carboxylic acids is 1. The molecule has 0 heterocycles. The van der Waals surface area contributed by atoms with Crippen LogP contribution in [0.5, 0.6) is 0 Å². The molecule has 0 saturated carbocycles. The summed E-state index contributed by atoms with van der Waals surface area (Å²) in [6, 6.07) is 16.3. The van der Waals surface area contributed by atoms with Crippen molar-refractivity contribution in [1.82, 2.24) is 0 Å². The fourth-order valence-corrected chi connectivity index (χ4v) is 2.92. The SMILES string of the molecule is CSc1ccccc1NC(=O)C[C@@](C)(C(=O)O)c1ccccc1. The van der Waals surface area contributed by atoms with Crippen LogP contribution in [0.25, 0.3) is 0 Å². The Morgan fingerprint density at radius 2 is 1.70 bits per heavy atom. The van der Waals surface area contributed by atoms with Crippen LogP contribution in [-0.2, 0) is 15.0 Å². The molecule has 2 aromatic rings. The molecule has 1 atom stereocenters. The minimum Gasteiger partial charge on any atom is -0.481 e. The lowest BCUT2D eigenvalue weighted by Gasteiger charge is -2.25. The first kappa shape index (κ1) is 17.1. The van der Waals surface area contributed by atoms with E-state index in [1.165, 1.54) is 11.8 Å². The molecule has 0 spiro atoms. The third kappa shape index (κ3) is 3.93. The van der Waals surface area contributed by atoms with Crippen LogP contribution in [0.3, 0.4) is 0 Å². The van der Waals surface area contributed by atoms with Gasteiger partial charge in [0.2, 0.25) is 5.91 Å². The quantitative estimate of drug-likeness (QED) is 0.792. The average Bonchev–Trinajstić information content (AvgIpc) is 2.55. The second-order valence-corrected chi connectivity index (χ2v) is 6.28. The van der Waals surface area contributed by atoms with E-state index in [9.17, 15) is 14.7 Å². The maximum absolute atomic E-state index is 12.4. The highest BCUT2D eigenvalue weighted by molar-refractivity contribution is 7.98. The summed E-state index contributed by atoms with van der Waals surface area (Å²) in [4.78, 5) is 25.1. The van der Waals surface area contributed by atoms with Crippen molar-refractivity contribution >= 4 is 29.3 Å². The fourth-order valence-electron chi connectivity index (χ4n) is 2.37. The van der Waals surface area contributed by atoms with Gasteiger partial charge in [-0.1, -0.05) is 42.5 Å². The lowest BCUT2D eigenvalue weighted by Crippen LogP contribution is -2.36. The van der Waals surface area contributed by atoms with Gasteiger partial charge in [0.15, 0.2) is 0 Å².